The number of hydrogen-bond donors (Lipinski definition) is 2. The molecule has 1 aliphatic rings. The van der Waals surface area contributed by atoms with Gasteiger partial charge in [-0.05, 0) is 35.0 Å². The van der Waals surface area contributed by atoms with Crippen LogP contribution in [0, 0.1) is 0 Å². The van der Waals surface area contributed by atoms with Crippen LogP contribution >= 0.6 is 15.9 Å². The third-order valence-corrected chi connectivity index (χ3v) is 4.15. The Morgan fingerprint density at radius 3 is 3.21 bits per heavy atom. The summed E-state index contributed by atoms with van der Waals surface area (Å²) in [6, 6.07) is 3.80. The Kier molecular flexibility index (Phi) is 3.20. The first-order valence-corrected chi connectivity index (χ1v) is 6.96. The van der Waals surface area contributed by atoms with Crippen molar-refractivity contribution in [1.82, 2.24) is 14.6 Å². The Balaban J connectivity index is 1.77. The van der Waals surface area contributed by atoms with Gasteiger partial charge in [0.1, 0.15) is 5.60 Å². The normalized spacial score (nSPS) is 27.0. The molecule has 19 heavy (non-hydrogen) atoms. The third-order valence-electron chi connectivity index (χ3n) is 3.53. The summed E-state index contributed by atoms with van der Waals surface area (Å²) in [5.41, 5.74) is -0.109. The number of rotatable bonds is 3. The van der Waals surface area contributed by atoms with Crippen LogP contribution < -0.4 is 5.32 Å². The van der Waals surface area contributed by atoms with Crippen molar-refractivity contribution in [3.05, 3.63) is 22.8 Å². The van der Waals surface area contributed by atoms with Crippen LogP contribution in [0.1, 0.15) is 13.3 Å². The van der Waals surface area contributed by atoms with E-state index < -0.39 is 5.60 Å². The Labute approximate surface area is 118 Å². The Morgan fingerprint density at radius 1 is 1.68 bits per heavy atom. The zero-order valence-corrected chi connectivity index (χ0v) is 12.1. The van der Waals surface area contributed by atoms with Crippen LogP contribution in [0.25, 0.3) is 5.65 Å². The molecule has 7 heteroatoms. The van der Waals surface area contributed by atoms with Gasteiger partial charge < -0.3 is 15.2 Å². The van der Waals surface area contributed by atoms with Gasteiger partial charge in [0, 0.05) is 25.8 Å². The molecule has 1 aliphatic heterocycles. The molecular weight excluding hydrogens is 312 g/mol. The van der Waals surface area contributed by atoms with Gasteiger partial charge in [0.2, 0.25) is 5.95 Å². The summed E-state index contributed by atoms with van der Waals surface area (Å²) in [7, 11) is 0. The summed E-state index contributed by atoms with van der Waals surface area (Å²) < 4.78 is 7.96. The SMILES string of the molecule is CC1OCCC1(O)CNc1nc2c(Br)cccn2n1. The number of anilines is 1. The molecule has 2 N–H and O–H groups in total. The predicted octanol–water partition coefficient (Wildman–Crippen LogP) is 1.44. The van der Waals surface area contributed by atoms with Crippen molar-refractivity contribution in [3.8, 4) is 0 Å². The number of ether oxygens (including phenoxy) is 1. The standard InChI is InChI=1S/C12H15BrN4O2/c1-8-12(18,4-6-19-8)7-14-11-15-10-9(13)3-2-5-17(10)16-11/h2-3,5,8,18H,4,6-7H2,1H3,(H,14,16). The second kappa shape index (κ2) is 4.73. The van der Waals surface area contributed by atoms with E-state index in [1.54, 1.807) is 4.52 Å². The average Bonchev–Trinajstić information content (AvgIpc) is 2.93. The van der Waals surface area contributed by atoms with Crippen LogP contribution in [-0.2, 0) is 4.74 Å². The van der Waals surface area contributed by atoms with Gasteiger partial charge >= 0.3 is 0 Å². The van der Waals surface area contributed by atoms with Gasteiger partial charge in [-0.15, -0.1) is 5.10 Å². The van der Waals surface area contributed by atoms with Crippen LogP contribution in [0.2, 0.25) is 0 Å². The quantitative estimate of drug-likeness (QED) is 0.893. The largest absolute Gasteiger partial charge is 0.385 e. The van der Waals surface area contributed by atoms with Gasteiger partial charge in [0.25, 0.3) is 0 Å². The molecular formula is C12H15BrN4O2. The molecule has 0 radical (unpaired) electrons. The van der Waals surface area contributed by atoms with E-state index in [2.05, 4.69) is 31.3 Å². The number of aromatic nitrogens is 3. The Bertz CT molecular complexity index is 602. The lowest BCUT2D eigenvalue weighted by molar-refractivity contribution is -0.0176. The first-order chi connectivity index (χ1) is 9.08. The van der Waals surface area contributed by atoms with Crippen LogP contribution in [0.15, 0.2) is 22.8 Å². The van der Waals surface area contributed by atoms with Crippen molar-refractivity contribution >= 4 is 27.5 Å². The summed E-state index contributed by atoms with van der Waals surface area (Å²) in [6.45, 7) is 2.84. The van der Waals surface area contributed by atoms with Crippen LogP contribution in [-0.4, -0.2) is 44.6 Å². The van der Waals surface area contributed by atoms with Gasteiger partial charge in [-0.3, -0.25) is 0 Å². The molecule has 0 spiro atoms. The molecule has 2 aromatic rings. The van der Waals surface area contributed by atoms with E-state index >= 15 is 0 Å². The van der Waals surface area contributed by atoms with Gasteiger partial charge in [-0.25, -0.2) is 4.52 Å². The number of hydrogen-bond acceptors (Lipinski definition) is 5. The van der Waals surface area contributed by atoms with E-state index in [1.165, 1.54) is 0 Å². The molecule has 2 atom stereocenters. The molecule has 3 heterocycles. The van der Waals surface area contributed by atoms with Gasteiger partial charge in [0.05, 0.1) is 10.6 Å². The van der Waals surface area contributed by atoms with E-state index in [-0.39, 0.29) is 6.10 Å². The van der Waals surface area contributed by atoms with Gasteiger partial charge in [0.15, 0.2) is 5.65 Å². The van der Waals surface area contributed by atoms with Crippen molar-refractivity contribution in [1.29, 1.82) is 0 Å². The van der Waals surface area contributed by atoms with Gasteiger partial charge in [-0.1, -0.05) is 0 Å². The Hall–Kier alpha value is -1.18. The molecule has 0 saturated carbocycles. The fourth-order valence-electron chi connectivity index (χ4n) is 2.18. The highest BCUT2D eigenvalue weighted by atomic mass is 79.9. The molecule has 0 aliphatic carbocycles. The first kappa shape index (κ1) is 12.8. The van der Waals surface area contributed by atoms with Crippen LogP contribution in [0.5, 0.6) is 0 Å². The molecule has 1 fully saturated rings. The van der Waals surface area contributed by atoms with E-state index in [9.17, 15) is 5.11 Å². The minimum absolute atomic E-state index is 0.177. The smallest absolute Gasteiger partial charge is 0.243 e. The maximum absolute atomic E-state index is 10.4. The molecule has 102 valence electrons. The minimum atomic E-state index is -0.852. The van der Waals surface area contributed by atoms with E-state index in [0.29, 0.717) is 25.5 Å². The van der Waals surface area contributed by atoms with Crippen LogP contribution in [0.3, 0.4) is 0 Å². The van der Waals surface area contributed by atoms with Crippen LogP contribution in [0.4, 0.5) is 5.95 Å². The Morgan fingerprint density at radius 2 is 2.53 bits per heavy atom. The maximum Gasteiger partial charge on any atom is 0.243 e. The molecule has 2 unspecified atom stereocenters. The topological polar surface area (TPSA) is 71.7 Å². The highest BCUT2D eigenvalue weighted by Gasteiger charge is 2.39. The molecule has 0 amide bonds. The lowest BCUT2D eigenvalue weighted by atomic mass is 9.97. The van der Waals surface area contributed by atoms with E-state index in [4.69, 9.17) is 4.74 Å². The summed E-state index contributed by atoms with van der Waals surface area (Å²) in [5, 5.41) is 17.8. The summed E-state index contributed by atoms with van der Waals surface area (Å²) in [4.78, 5) is 4.37. The number of halogens is 1. The van der Waals surface area contributed by atoms with Crippen molar-refractivity contribution in [2.45, 2.75) is 25.0 Å². The van der Waals surface area contributed by atoms with Gasteiger partial charge in [-0.2, -0.15) is 4.98 Å². The molecule has 6 nitrogen and oxygen atoms in total. The average molecular weight is 327 g/mol. The highest BCUT2D eigenvalue weighted by molar-refractivity contribution is 9.10. The fraction of sp³-hybridized carbons (Fsp3) is 0.500. The highest BCUT2D eigenvalue weighted by Crippen LogP contribution is 2.26. The number of aliphatic hydroxyl groups is 1. The zero-order valence-electron chi connectivity index (χ0n) is 10.5. The van der Waals surface area contributed by atoms with E-state index in [0.717, 1.165) is 10.1 Å². The number of fused-ring (bicyclic) bond motifs is 1. The third kappa shape index (κ3) is 2.33. The lowest BCUT2D eigenvalue weighted by Crippen LogP contribution is -2.43. The number of pyridine rings is 1. The monoisotopic (exact) mass is 326 g/mol. The van der Waals surface area contributed by atoms with Crippen molar-refractivity contribution in [2.75, 3.05) is 18.5 Å². The van der Waals surface area contributed by atoms with Crippen molar-refractivity contribution < 1.29 is 9.84 Å². The van der Waals surface area contributed by atoms with Crippen molar-refractivity contribution in [3.63, 3.8) is 0 Å². The maximum atomic E-state index is 10.4. The summed E-state index contributed by atoms with van der Waals surface area (Å²) in [6.07, 6.45) is 2.27. The number of nitrogens with one attached hydrogen (secondary N) is 1. The summed E-state index contributed by atoms with van der Waals surface area (Å²) >= 11 is 3.43. The van der Waals surface area contributed by atoms with E-state index in [1.807, 2.05) is 25.3 Å². The molecule has 2 aromatic heterocycles. The molecule has 3 rings (SSSR count). The molecule has 0 aromatic carbocycles. The molecule has 0 bridgehead atoms. The lowest BCUT2D eigenvalue weighted by Gasteiger charge is -2.25. The second-order valence-corrected chi connectivity index (χ2v) is 5.63. The minimum Gasteiger partial charge on any atom is -0.385 e. The summed E-state index contributed by atoms with van der Waals surface area (Å²) in [5.74, 6) is 0.499. The molecule has 1 saturated heterocycles. The zero-order chi connectivity index (χ0) is 13.5. The first-order valence-electron chi connectivity index (χ1n) is 6.17. The predicted molar refractivity (Wildman–Crippen MR) is 74.2 cm³/mol. The fourth-order valence-corrected chi connectivity index (χ4v) is 2.61. The second-order valence-electron chi connectivity index (χ2n) is 4.78. The number of nitrogens with zero attached hydrogens (tertiary/aromatic N) is 3. The van der Waals surface area contributed by atoms with Crippen molar-refractivity contribution in [2.24, 2.45) is 0 Å².